The van der Waals surface area contributed by atoms with Gasteiger partial charge in [0.25, 0.3) is 0 Å². The van der Waals surface area contributed by atoms with E-state index in [1.165, 1.54) is 0 Å². The SMILES string of the molecule is CC(C)c1ncc([N+](=O)[O-])c(=O)[nH]1. The minimum Gasteiger partial charge on any atom is -0.304 e. The molecule has 1 heterocycles. The standard InChI is InChI=1S/C7H9N3O3/c1-4(2)6-8-3-5(10(12)13)7(11)9-6/h3-4H,1-2H3,(H,8,9,11). The Kier molecular flexibility index (Phi) is 2.41. The first-order valence-electron chi connectivity index (χ1n) is 3.76. The van der Waals surface area contributed by atoms with Gasteiger partial charge >= 0.3 is 11.2 Å². The van der Waals surface area contributed by atoms with Crippen molar-refractivity contribution in [2.24, 2.45) is 0 Å². The highest BCUT2D eigenvalue weighted by Gasteiger charge is 2.13. The molecule has 0 saturated heterocycles. The Hall–Kier alpha value is -1.72. The number of rotatable bonds is 2. The molecule has 6 heteroatoms. The molecule has 0 atom stereocenters. The largest absolute Gasteiger partial charge is 0.351 e. The number of nitrogens with zero attached hydrogens (tertiary/aromatic N) is 2. The van der Waals surface area contributed by atoms with Crippen LogP contribution in [-0.2, 0) is 0 Å². The zero-order valence-electron chi connectivity index (χ0n) is 7.27. The van der Waals surface area contributed by atoms with Crippen molar-refractivity contribution >= 4 is 5.69 Å². The van der Waals surface area contributed by atoms with E-state index in [2.05, 4.69) is 9.97 Å². The van der Waals surface area contributed by atoms with Crippen LogP contribution in [0.2, 0.25) is 0 Å². The van der Waals surface area contributed by atoms with Gasteiger partial charge in [0, 0.05) is 5.92 Å². The number of nitrogens with one attached hydrogen (secondary N) is 1. The van der Waals surface area contributed by atoms with Gasteiger partial charge in [0.2, 0.25) is 0 Å². The highest BCUT2D eigenvalue weighted by Crippen LogP contribution is 2.07. The monoisotopic (exact) mass is 183 g/mol. The first kappa shape index (κ1) is 9.37. The van der Waals surface area contributed by atoms with Crippen LogP contribution in [0.1, 0.15) is 25.6 Å². The van der Waals surface area contributed by atoms with E-state index in [1.807, 2.05) is 13.8 Å². The molecule has 0 unspecified atom stereocenters. The van der Waals surface area contributed by atoms with Crippen LogP contribution in [0.25, 0.3) is 0 Å². The maximum absolute atomic E-state index is 11.0. The molecule has 1 rings (SSSR count). The highest BCUT2D eigenvalue weighted by molar-refractivity contribution is 5.21. The van der Waals surface area contributed by atoms with Gasteiger partial charge in [-0.15, -0.1) is 0 Å². The number of H-pyrrole nitrogens is 1. The maximum atomic E-state index is 11.0. The topological polar surface area (TPSA) is 88.9 Å². The van der Waals surface area contributed by atoms with Crippen LogP contribution < -0.4 is 5.56 Å². The molecule has 70 valence electrons. The van der Waals surface area contributed by atoms with Crippen molar-refractivity contribution < 1.29 is 4.92 Å². The van der Waals surface area contributed by atoms with E-state index in [1.54, 1.807) is 0 Å². The summed E-state index contributed by atoms with van der Waals surface area (Å²) in [5.74, 6) is 0.504. The van der Waals surface area contributed by atoms with Gasteiger partial charge in [-0.2, -0.15) is 0 Å². The number of aromatic nitrogens is 2. The number of hydrogen-bond acceptors (Lipinski definition) is 4. The van der Waals surface area contributed by atoms with Gasteiger partial charge in [-0.3, -0.25) is 14.9 Å². The van der Waals surface area contributed by atoms with E-state index >= 15 is 0 Å². The third-order valence-corrected chi connectivity index (χ3v) is 1.54. The Morgan fingerprint density at radius 2 is 2.23 bits per heavy atom. The summed E-state index contributed by atoms with van der Waals surface area (Å²) in [6.07, 6.45) is 0.980. The molecule has 0 fully saturated rings. The normalized spacial score (nSPS) is 10.4. The highest BCUT2D eigenvalue weighted by atomic mass is 16.6. The summed E-state index contributed by atoms with van der Waals surface area (Å²) in [6.45, 7) is 3.67. The van der Waals surface area contributed by atoms with Crippen LogP contribution in [-0.4, -0.2) is 14.9 Å². The number of nitro groups is 1. The summed E-state index contributed by atoms with van der Waals surface area (Å²) < 4.78 is 0. The molecule has 1 aromatic heterocycles. The van der Waals surface area contributed by atoms with E-state index in [0.717, 1.165) is 6.20 Å². The van der Waals surface area contributed by atoms with Crippen molar-refractivity contribution in [3.8, 4) is 0 Å². The molecule has 0 radical (unpaired) electrons. The minimum absolute atomic E-state index is 0.0495. The number of hydrogen-bond donors (Lipinski definition) is 1. The van der Waals surface area contributed by atoms with Crippen LogP contribution in [0, 0.1) is 10.1 Å². The average molecular weight is 183 g/mol. The lowest BCUT2D eigenvalue weighted by Crippen LogP contribution is -2.15. The first-order chi connectivity index (χ1) is 6.02. The third-order valence-electron chi connectivity index (χ3n) is 1.54. The summed E-state index contributed by atoms with van der Waals surface area (Å²) in [5.41, 5.74) is -1.23. The van der Waals surface area contributed by atoms with Gasteiger partial charge in [0.15, 0.2) is 0 Å². The summed E-state index contributed by atoms with van der Waals surface area (Å²) in [5, 5.41) is 10.2. The smallest absolute Gasteiger partial charge is 0.304 e. The summed E-state index contributed by atoms with van der Waals surface area (Å²) >= 11 is 0. The Morgan fingerprint density at radius 3 is 2.62 bits per heavy atom. The second-order valence-corrected chi connectivity index (χ2v) is 2.89. The molecule has 1 aromatic rings. The first-order valence-corrected chi connectivity index (χ1v) is 3.76. The lowest BCUT2D eigenvalue weighted by atomic mass is 10.2. The average Bonchev–Trinajstić information content (AvgIpc) is 2.03. The molecule has 0 aliphatic rings. The van der Waals surface area contributed by atoms with Gasteiger partial charge in [-0.25, -0.2) is 4.98 Å². The summed E-state index contributed by atoms with van der Waals surface area (Å²) in [7, 11) is 0. The lowest BCUT2D eigenvalue weighted by molar-refractivity contribution is -0.386. The Labute approximate surface area is 73.8 Å². The van der Waals surface area contributed by atoms with E-state index in [4.69, 9.17) is 0 Å². The van der Waals surface area contributed by atoms with Crippen molar-refractivity contribution in [2.45, 2.75) is 19.8 Å². The van der Waals surface area contributed by atoms with Crippen molar-refractivity contribution in [1.29, 1.82) is 0 Å². The van der Waals surface area contributed by atoms with Crippen LogP contribution in [0.3, 0.4) is 0 Å². The molecular formula is C7H9N3O3. The summed E-state index contributed by atoms with van der Waals surface area (Å²) in [4.78, 5) is 26.7. The van der Waals surface area contributed by atoms with Crippen molar-refractivity contribution in [1.82, 2.24) is 9.97 Å². The molecule has 0 spiro atoms. The van der Waals surface area contributed by atoms with Crippen LogP contribution >= 0.6 is 0 Å². The zero-order valence-corrected chi connectivity index (χ0v) is 7.27. The molecule has 0 bridgehead atoms. The second-order valence-electron chi connectivity index (χ2n) is 2.89. The van der Waals surface area contributed by atoms with Gasteiger partial charge < -0.3 is 4.98 Å². The molecular weight excluding hydrogens is 174 g/mol. The predicted octanol–water partition coefficient (Wildman–Crippen LogP) is 0.801. The van der Waals surface area contributed by atoms with E-state index in [0.29, 0.717) is 5.82 Å². The lowest BCUT2D eigenvalue weighted by Gasteiger charge is -2.01. The maximum Gasteiger partial charge on any atom is 0.351 e. The van der Waals surface area contributed by atoms with Gasteiger partial charge in [0.05, 0.1) is 4.92 Å². The molecule has 0 amide bonds. The van der Waals surface area contributed by atoms with Crippen molar-refractivity contribution in [2.75, 3.05) is 0 Å². The fourth-order valence-electron chi connectivity index (χ4n) is 0.825. The van der Waals surface area contributed by atoms with Crippen molar-refractivity contribution in [3.63, 3.8) is 0 Å². The molecule has 1 N–H and O–H groups in total. The quantitative estimate of drug-likeness (QED) is 0.542. The minimum atomic E-state index is -0.754. The Bertz CT molecular complexity index is 383. The van der Waals surface area contributed by atoms with E-state index in [9.17, 15) is 14.9 Å². The summed E-state index contributed by atoms with van der Waals surface area (Å²) in [6, 6.07) is 0. The molecule has 13 heavy (non-hydrogen) atoms. The molecule has 0 saturated carbocycles. The Morgan fingerprint density at radius 1 is 1.62 bits per heavy atom. The van der Waals surface area contributed by atoms with Gasteiger partial charge in [-0.1, -0.05) is 13.8 Å². The van der Waals surface area contributed by atoms with Gasteiger partial charge in [0.1, 0.15) is 12.0 Å². The number of aromatic amines is 1. The molecule has 0 aromatic carbocycles. The molecule has 0 aliphatic heterocycles. The van der Waals surface area contributed by atoms with E-state index in [-0.39, 0.29) is 5.92 Å². The second kappa shape index (κ2) is 3.34. The fourth-order valence-corrected chi connectivity index (χ4v) is 0.825. The van der Waals surface area contributed by atoms with E-state index < -0.39 is 16.2 Å². The molecule has 0 aliphatic carbocycles. The Balaban J connectivity index is 3.21. The zero-order chi connectivity index (χ0) is 10.0. The van der Waals surface area contributed by atoms with Crippen molar-refractivity contribution in [3.05, 3.63) is 32.5 Å². The van der Waals surface area contributed by atoms with Crippen LogP contribution in [0.5, 0.6) is 0 Å². The molecule has 6 nitrogen and oxygen atoms in total. The van der Waals surface area contributed by atoms with Crippen LogP contribution in [0.15, 0.2) is 11.0 Å². The van der Waals surface area contributed by atoms with Gasteiger partial charge in [-0.05, 0) is 0 Å². The van der Waals surface area contributed by atoms with Crippen LogP contribution in [0.4, 0.5) is 5.69 Å². The predicted molar refractivity (Wildman–Crippen MR) is 45.6 cm³/mol. The fraction of sp³-hybridized carbons (Fsp3) is 0.429. The third kappa shape index (κ3) is 1.90.